The third-order valence-corrected chi connectivity index (χ3v) is 1.42. The minimum Gasteiger partial charge on any atom is -0.378 e. The highest BCUT2D eigenvalue weighted by Gasteiger charge is 2.21. The van der Waals surface area contributed by atoms with E-state index in [-0.39, 0.29) is 0 Å². The molecule has 0 bridgehead atoms. The number of hydrogen-bond acceptors (Lipinski definition) is 1. The van der Waals surface area contributed by atoms with E-state index in [1.165, 1.54) is 12.8 Å². The third-order valence-electron chi connectivity index (χ3n) is 1.42. The van der Waals surface area contributed by atoms with Gasteiger partial charge in [-0.2, -0.15) is 0 Å². The maximum absolute atomic E-state index is 5.41. The molecule has 1 aliphatic carbocycles. The summed E-state index contributed by atoms with van der Waals surface area (Å²) in [6.45, 7) is 5.20. The summed E-state index contributed by atoms with van der Waals surface area (Å²) in [5.41, 5.74) is 0. The Morgan fingerprint density at radius 1 is 1.56 bits per heavy atom. The molecule has 1 heteroatoms. The number of rotatable bonds is 4. The molecule has 0 N–H and O–H groups in total. The fraction of sp³-hybridized carbons (Fsp3) is 0.875. The topological polar surface area (TPSA) is 9.23 Å². The summed E-state index contributed by atoms with van der Waals surface area (Å²) in [5, 5.41) is 0. The van der Waals surface area contributed by atoms with Crippen LogP contribution in [0.25, 0.3) is 0 Å². The monoisotopic (exact) mass is 127 g/mol. The number of ether oxygens (including phenoxy) is 1. The van der Waals surface area contributed by atoms with E-state index < -0.39 is 0 Å². The molecule has 1 aliphatic rings. The van der Waals surface area contributed by atoms with E-state index in [2.05, 4.69) is 20.3 Å². The van der Waals surface area contributed by atoms with Gasteiger partial charge in [0.2, 0.25) is 0 Å². The van der Waals surface area contributed by atoms with Crippen LogP contribution in [0.5, 0.6) is 0 Å². The molecule has 0 saturated heterocycles. The predicted octanol–water partition coefficient (Wildman–Crippen LogP) is 2.03. The van der Waals surface area contributed by atoms with Gasteiger partial charge in [0, 0.05) is 0 Å². The van der Waals surface area contributed by atoms with Gasteiger partial charge in [0.15, 0.2) is 0 Å². The molecule has 1 nitrogen and oxygen atoms in total. The highest BCUT2D eigenvalue weighted by atomic mass is 16.5. The van der Waals surface area contributed by atoms with Gasteiger partial charge >= 0.3 is 0 Å². The molecule has 0 aliphatic heterocycles. The molecule has 9 heavy (non-hydrogen) atoms. The molecule has 1 fully saturated rings. The predicted molar refractivity (Wildman–Crippen MR) is 38.1 cm³/mol. The first-order chi connectivity index (χ1) is 4.29. The van der Waals surface area contributed by atoms with Gasteiger partial charge < -0.3 is 4.74 Å². The molecule has 0 heterocycles. The molecular formula is C8H15O. The zero-order chi connectivity index (χ0) is 6.69. The van der Waals surface area contributed by atoms with E-state index in [1.807, 2.05) is 0 Å². The lowest BCUT2D eigenvalue weighted by atomic mass is 10.1. The normalized spacial score (nSPS) is 19.0. The maximum atomic E-state index is 5.41. The van der Waals surface area contributed by atoms with Crippen molar-refractivity contribution in [2.45, 2.75) is 32.8 Å². The van der Waals surface area contributed by atoms with Crippen LogP contribution in [-0.4, -0.2) is 12.7 Å². The van der Waals surface area contributed by atoms with E-state index in [1.54, 1.807) is 0 Å². The van der Waals surface area contributed by atoms with Crippen LogP contribution in [0.2, 0.25) is 0 Å². The number of hydrogen-bond donors (Lipinski definition) is 0. The van der Waals surface area contributed by atoms with Crippen LogP contribution in [-0.2, 0) is 4.74 Å². The molecule has 0 atom stereocenters. The van der Waals surface area contributed by atoms with Gasteiger partial charge in [-0.3, -0.25) is 0 Å². The zero-order valence-corrected chi connectivity index (χ0v) is 6.26. The molecule has 53 valence electrons. The van der Waals surface area contributed by atoms with E-state index in [0.717, 1.165) is 6.61 Å². The van der Waals surface area contributed by atoms with Gasteiger partial charge in [0.25, 0.3) is 0 Å². The van der Waals surface area contributed by atoms with E-state index in [4.69, 9.17) is 4.74 Å². The first-order valence-electron chi connectivity index (χ1n) is 3.74. The fourth-order valence-corrected chi connectivity index (χ4v) is 0.619. The van der Waals surface area contributed by atoms with Gasteiger partial charge in [-0.05, 0) is 25.2 Å². The van der Waals surface area contributed by atoms with Gasteiger partial charge in [0.1, 0.15) is 0 Å². The average molecular weight is 127 g/mol. The average Bonchev–Trinajstić information content (AvgIpc) is 2.48. The minimum absolute atomic E-state index is 0.611. The van der Waals surface area contributed by atoms with Crippen molar-refractivity contribution in [1.29, 1.82) is 0 Å². The molecule has 0 unspecified atom stereocenters. The summed E-state index contributed by atoms with van der Waals surface area (Å²) < 4.78 is 5.41. The quantitative estimate of drug-likeness (QED) is 0.561. The summed E-state index contributed by atoms with van der Waals surface area (Å²) in [6, 6.07) is 0. The molecule has 1 radical (unpaired) electrons. The Balaban J connectivity index is 1.81. The molecule has 1 rings (SSSR count). The SMILES string of the molecule is CC(C)[CH]COC1CC1. The Labute approximate surface area is 57.4 Å². The van der Waals surface area contributed by atoms with E-state index in [0.29, 0.717) is 12.0 Å². The largest absolute Gasteiger partial charge is 0.378 e. The molecular weight excluding hydrogens is 112 g/mol. The Kier molecular flexibility index (Phi) is 2.52. The third kappa shape index (κ3) is 3.52. The maximum Gasteiger partial charge on any atom is 0.0577 e. The van der Waals surface area contributed by atoms with Crippen LogP contribution >= 0.6 is 0 Å². The molecule has 0 aromatic carbocycles. The molecule has 1 saturated carbocycles. The molecule has 0 amide bonds. The lowest BCUT2D eigenvalue weighted by Crippen LogP contribution is -2.00. The van der Waals surface area contributed by atoms with Gasteiger partial charge in [0.05, 0.1) is 12.7 Å². The first-order valence-corrected chi connectivity index (χ1v) is 3.74. The van der Waals surface area contributed by atoms with Crippen LogP contribution in [0.15, 0.2) is 0 Å². The minimum atomic E-state index is 0.611. The van der Waals surface area contributed by atoms with Crippen LogP contribution < -0.4 is 0 Å². The zero-order valence-electron chi connectivity index (χ0n) is 6.26. The fourth-order valence-electron chi connectivity index (χ4n) is 0.619. The van der Waals surface area contributed by atoms with Crippen molar-refractivity contribution < 1.29 is 4.74 Å². The van der Waals surface area contributed by atoms with Gasteiger partial charge in [-0.1, -0.05) is 13.8 Å². The standard InChI is InChI=1S/C8H15O/c1-7(2)5-6-9-8-3-4-8/h5,7-8H,3-4,6H2,1-2H3. The van der Waals surface area contributed by atoms with Crippen molar-refractivity contribution in [3.63, 3.8) is 0 Å². The smallest absolute Gasteiger partial charge is 0.0577 e. The van der Waals surface area contributed by atoms with Crippen LogP contribution in [0.3, 0.4) is 0 Å². The van der Waals surface area contributed by atoms with E-state index in [9.17, 15) is 0 Å². The van der Waals surface area contributed by atoms with Gasteiger partial charge in [-0.15, -0.1) is 0 Å². The van der Waals surface area contributed by atoms with Crippen molar-refractivity contribution >= 4 is 0 Å². The van der Waals surface area contributed by atoms with Crippen molar-refractivity contribution in [3.05, 3.63) is 6.42 Å². The lowest BCUT2D eigenvalue weighted by Gasteiger charge is -2.03. The Morgan fingerprint density at radius 2 is 2.22 bits per heavy atom. The van der Waals surface area contributed by atoms with Crippen molar-refractivity contribution in [1.82, 2.24) is 0 Å². The van der Waals surface area contributed by atoms with Crippen LogP contribution in [0.1, 0.15) is 26.7 Å². The second-order valence-electron chi connectivity index (χ2n) is 3.01. The summed E-state index contributed by atoms with van der Waals surface area (Å²) in [7, 11) is 0. The van der Waals surface area contributed by atoms with Crippen molar-refractivity contribution in [2.75, 3.05) is 6.61 Å². The summed E-state index contributed by atoms with van der Waals surface area (Å²) in [5.74, 6) is 0.670. The van der Waals surface area contributed by atoms with Crippen LogP contribution in [0.4, 0.5) is 0 Å². The van der Waals surface area contributed by atoms with Crippen molar-refractivity contribution in [3.8, 4) is 0 Å². The molecule has 0 spiro atoms. The highest BCUT2D eigenvalue weighted by molar-refractivity contribution is 4.76. The highest BCUT2D eigenvalue weighted by Crippen LogP contribution is 2.23. The molecule has 0 aromatic rings. The van der Waals surface area contributed by atoms with Crippen LogP contribution in [0, 0.1) is 12.3 Å². The second-order valence-corrected chi connectivity index (χ2v) is 3.01. The Morgan fingerprint density at radius 3 is 2.67 bits per heavy atom. The van der Waals surface area contributed by atoms with Crippen molar-refractivity contribution in [2.24, 2.45) is 5.92 Å². The Hall–Kier alpha value is -0.0400. The molecule has 0 aromatic heterocycles. The van der Waals surface area contributed by atoms with Gasteiger partial charge in [-0.25, -0.2) is 0 Å². The Bertz CT molecular complexity index is 72.6. The summed E-state index contributed by atoms with van der Waals surface area (Å²) >= 11 is 0. The lowest BCUT2D eigenvalue weighted by molar-refractivity contribution is 0.134. The second kappa shape index (κ2) is 3.21. The first kappa shape index (κ1) is 7.07. The summed E-state index contributed by atoms with van der Waals surface area (Å²) in [4.78, 5) is 0. The van der Waals surface area contributed by atoms with E-state index >= 15 is 0 Å². The summed E-state index contributed by atoms with van der Waals surface area (Å²) in [6.07, 6.45) is 5.39.